The Bertz CT molecular complexity index is 1800. The monoisotopic (exact) mass is 554 g/mol. The van der Waals surface area contributed by atoms with Gasteiger partial charge in [0, 0.05) is 34.4 Å². The van der Waals surface area contributed by atoms with Crippen LogP contribution in [0.25, 0.3) is 32.9 Å². The van der Waals surface area contributed by atoms with E-state index in [-0.39, 0.29) is 11.0 Å². The molecule has 2 heterocycles. The van der Waals surface area contributed by atoms with Crippen molar-refractivity contribution < 1.29 is 4.57 Å². The van der Waals surface area contributed by atoms with E-state index in [1.54, 1.807) is 11.1 Å². The van der Waals surface area contributed by atoms with E-state index in [0.717, 1.165) is 6.42 Å². The fraction of sp³-hybridized carbons (Fsp3) is 0.439. The molecule has 0 bridgehead atoms. The number of benzene rings is 3. The largest absolute Gasteiger partial charge is 0.219 e. The van der Waals surface area contributed by atoms with Crippen LogP contribution in [-0.2, 0) is 11.0 Å². The van der Waals surface area contributed by atoms with Crippen molar-refractivity contribution in [3.05, 3.63) is 100 Å². The van der Waals surface area contributed by atoms with Crippen molar-refractivity contribution >= 4 is 21.7 Å². The van der Waals surface area contributed by atoms with Crippen molar-refractivity contribution in [2.45, 2.75) is 104 Å². The number of pyridine rings is 1. The van der Waals surface area contributed by atoms with E-state index in [0.29, 0.717) is 17.8 Å². The summed E-state index contributed by atoms with van der Waals surface area (Å²) < 4.78 is 2.85. The third-order valence-corrected chi connectivity index (χ3v) is 11.4. The number of nitrogens with zero attached hydrogens (tertiary/aromatic N) is 1. The minimum Gasteiger partial charge on any atom is -0.177 e. The van der Waals surface area contributed by atoms with Gasteiger partial charge in [0.15, 0.2) is 0 Å². The minimum atomic E-state index is -0.221. The van der Waals surface area contributed by atoms with Crippen LogP contribution >= 0.6 is 0 Å². The van der Waals surface area contributed by atoms with Gasteiger partial charge in [0.25, 0.3) is 0 Å². The van der Waals surface area contributed by atoms with Crippen LogP contribution in [0, 0.1) is 11.8 Å². The van der Waals surface area contributed by atoms with Crippen molar-refractivity contribution in [1.29, 1.82) is 0 Å². The fourth-order valence-corrected chi connectivity index (χ4v) is 9.12. The Hall–Kier alpha value is -3.19. The van der Waals surface area contributed by atoms with E-state index in [9.17, 15) is 0 Å². The summed E-state index contributed by atoms with van der Waals surface area (Å²) in [5, 5.41) is 4.28. The van der Waals surface area contributed by atoms with Gasteiger partial charge in [0.05, 0.1) is 10.9 Å². The molecule has 1 heteroatoms. The second-order valence-electron chi connectivity index (χ2n) is 14.2. The van der Waals surface area contributed by atoms with E-state index in [2.05, 4.69) is 127 Å². The van der Waals surface area contributed by atoms with E-state index in [1.165, 1.54) is 80.9 Å². The Kier molecular flexibility index (Phi) is 6.36. The molecule has 7 rings (SSSR count). The maximum absolute atomic E-state index is 2.85. The van der Waals surface area contributed by atoms with Crippen LogP contribution in [0.1, 0.15) is 116 Å². The quantitative estimate of drug-likeness (QED) is 0.200. The Morgan fingerprint density at radius 2 is 1.50 bits per heavy atom. The maximum atomic E-state index is 2.85. The summed E-state index contributed by atoms with van der Waals surface area (Å²) in [4.78, 5) is 0. The van der Waals surface area contributed by atoms with Crippen molar-refractivity contribution in [1.82, 2.24) is 0 Å². The van der Waals surface area contributed by atoms with Crippen molar-refractivity contribution in [2.75, 3.05) is 0 Å². The van der Waals surface area contributed by atoms with E-state index < -0.39 is 0 Å². The minimum absolute atomic E-state index is 0.0867. The van der Waals surface area contributed by atoms with Crippen molar-refractivity contribution in [3.63, 3.8) is 0 Å². The molecule has 1 spiro atoms. The predicted octanol–water partition coefficient (Wildman–Crippen LogP) is 10.9. The first kappa shape index (κ1) is 27.6. The Labute approximate surface area is 253 Å². The first-order valence-corrected chi connectivity index (χ1v) is 16.7. The third kappa shape index (κ3) is 3.52. The Morgan fingerprint density at radius 1 is 0.786 bits per heavy atom. The van der Waals surface area contributed by atoms with E-state index in [4.69, 9.17) is 0 Å². The van der Waals surface area contributed by atoms with Gasteiger partial charge in [-0.15, -0.1) is 0 Å². The molecular weight excluding hydrogens is 506 g/mol. The lowest BCUT2D eigenvalue weighted by molar-refractivity contribution is -0.703. The first-order valence-electron chi connectivity index (χ1n) is 16.7. The lowest BCUT2D eigenvalue weighted by Crippen LogP contribution is -2.56. The molecule has 42 heavy (non-hydrogen) atoms. The molecule has 1 unspecified atom stereocenters. The molecule has 3 aromatic carbocycles. The average Bonchev–Trinajstić information content (AvgIpc) is 3.26. The van der Waals surface area contributed by atoms with Gasteiger partial charge in [-0.3, -0.25) is 0 Å². The summed E-state index contributed by atoms with van der Waals surface area (Å²) in [7, 11) is 0. The summed E-state index contributed by atoms with van der Waals surface area (Å²) in [6.45, 7) is 19.2. The molecule has 3 aliphatic rings. The van der Waals surface area contributed by atoms with Gasteiger partial charge in [-0.2, -0.15) is 4.57 Å². The number of allylic oxidation sites excluding steroid dienone is 4. The zero-order valence-corrected chi connectivity index (χ0v) is 27.1. The van der Waals surface area contributed by atoms with Gasteiger partial charge in [-0.1, -0.05) is 110 Å². The van der Waals surface area contributed by atoms with Gasteiger partial charge < -0.3 is 0 Å². The van der Waals surface area contributed by atoms with Crippen LogP contribution in [0.5, 0.6) is 0 Å². The molecule has 1 nitrogen and oxygen atoms in total. The van der Waals surface area contributed by atoms with Gasteiger partial charge >= 0.3 is 0 Å². The highest BCUT2D eigenvalue weighted by atomic mass is 15.1. The summed E-state index contributed by atoms with van der Waals surface area (Å²) in [5.74, 6) is 1.66. The third-order valence-electron chi connectivity index (χ3n) is 11.4. The smallest absolute Gasteiger partial charge is 0.177 e. The number of aromatic nitrogens is 1. The van der Waals surface area contributed by atoms with Crippen LogP contribution in [-0.4, -0.2) is 0 Å². The first-order chi connectivity index (χ1) is 20.2. The predicted molar refractivity (Wildman–Crippen MR) is 179 cm³/mol. The molecule has 1 aromatic heterocycles. The topological polar surface area (TPSA) is 3.88 Å². The molecule has 4 aromatic rings. The van der Waals surface area contributed by atoms with Crippen LogP contribution in [0.4, 0.5) is 0 Å². The molecular formula is C41H48N+. The SMILES string of the molecule is CCC(CC)C1=CC2(CC(C(CC)CC)=C1)c1ccc3cccc4c3c1-c1c(cc3c(C(C)C)cccc3[n+]12)C4(C)C. The molecule has 2 aliphatic carbocycles. The van der Waals surface area contributed by atoms with E-state index in [1.807, 2.05) is 0 Å². The van der Waals surface area contributed by atoms with Crippen molar-refractivity contribution in [3.8, 4) is 11.3 Å². The normalized spacial score (nSPS) is 20.0. The lowest BCUT2D eigenvalue weighted by atomic mass is 9.68. The van der Waals surface area contributed by atoms with Crippen molar-refractivity contribution in [2.24, 2.45) is 11.8 Å². The highest BCUT2D eigenvalue weighted by Gasteiger charge is 2.57. The summed E-state index contributed by atoms with van der Waals surface area (Å²) in [6, 6.07) is 21.6. The van der Waals surface area contributed by atoms with Crippen LogP contribution < -0.4 is 4.57 Å². The number of rotatable bonds is 7. The highest BCUT2D eigenvalue weighted by molar-refractivity contribution is 6.05. The number of hydrogen-bond acceptors (Lipinski definition) is 0. The fourth-order valence-electron chi connectivity index (χ4n) is 9.12. The second-order valence-corrected chi connectivity index (χ2v) is 14.2. The average molecular weight is 555 g/mol. The molecule has 0 saturated carbocycles. The lowest BCUT2D eigenvalue weighted by Gasteiger charge is -2.34. The van der Waals surface area contributed by atoms with Gasteiger partial charge in [-0.25, -0.2) is 0 Å². The van der Waals surface area contributed by atoms with Crippen LogP contribution in [0.2, 0.25) is 0 Å². The van der Waals surface area contributed by atoms with Gasteiger partial charge in [0.1, 0.15) is 0 Å². The zero-order valence-electron chi connectivity index (χ0n) is 27.1. The molecule has 0 radical (unpaired) electrons. The second kappa shape index (κ2) is 9.66. The summed E-state index contributed by atoms with van der Waals surface area (Å²) >= 11 is 0. The maximum Gasteiger partial charge on any atom is 0.219 e. The highest BCUT2D eigenvalue weighted by Crippen LogP contribution is 2.57. The van der Waals surface area contributed by atoms with E-state index >= 15 is 0 Å². The number of fused-ring (bicyclic) bond motifs is 4. The molecule has 1 aliphatic heterocycles. The molecule has 216 valence electrons. The van der Waals surface area contributed by atoms with Gasteiger partial charge in [-0.05, 0) is 77.7 Å². The molecule has 1 atom stereocenters. The molecule has 0 amide bonds. The summed E-state index contributed by atoms with van der Waals surface area (Å²) in [6.07, 6.45) is 11.2. The molecule has 0 N–H and O–H groups in total. The number of hydrogen-bond donors (Lipinski definition) is 0. The van der Waals surface area contributed by atoms with Crippen LogP contribution in [0.15, 0.2) is 77.9 Å². The standard InChI is InChI=1S/C41H48N/c1-9-26(10-2)29-21-30(27(11-3)12-4)24-41(23-29)34-20-19-28-15-13-17-33-37(28)38(34)39-35(40(33,7)8)22-32-31(25(5)6)16-14-18-36(32)42(39)41/h13-23,25-27H,9-12,24H2,1-8H3/q+1. The molecule has 0 fully saturated rings. The van der Waals surface area contributed by atoms with Crippen LogP contribution in [0.3, 0.4) is 0 Å². The summed E-state index contributed by atoms with van der Waals surface area (Å²) in [5.41, 5.74) is 13.2. The Morgan fingerprint density at radius 3 is 2.19 bits per heavy atom. The van der Waals surface area contributed by atoms with Gasteiger partial charge in [0.2, 0.25) is 16.7 Å². The molecule has 0 saturated heterocycles. The Balaban J connectivity index is 1.70. The zero-order chi connectivity index (χ0) is 29.6.